The highest BCUT2D eigenvalue weighted by Gasteiger charge is 2.36. The minimum absolute atomic E-state index is 0. The molecule has 0 aromatic heterocycles. The highest BCUT2D eigenvalue weighted by Crippen LogP contribution is 2.35. The van der Waals surface area contributed by atoms with Gasteiger partial charge in [0.2, 0.25) is 5.91 Å². The predicted octanol–water partition coefficient (Wildman–Crippen LogP) is 3.09. The van der Waals surface area contributed by atoms with Gasteiger partial charge in [-0.1, -0.05) is 29.8 Å². The van der Waals surface area contributed by atoms with Gasteiger partial charge in [-0.05, 0) is 45.2 Å². The zero-order chi connectivity index (χ0) is 16.2. The fraction of sp³-hybridized carbons (Fsp3) is 0.632. The number of nitrogens with zero attached hydrogens (tertiary/aromatic N) is 1. The Labute approximate surface area is 151 Å². The van der Waals surface area contributed by atoms with Gasteiger partial charge in [0.25, 0.3) is 0 Å². The number of likely N-dealkylation sites (tertiary alicyclic amines) is 1. The second kappa shape index (κ2) is 8.84. The number of carbonyl (C=O) groups is 1. The quantitative estimate of drug-likeness (QED) is 0.908. The maximum atomic E-state index is 13.0. The molecule has 4 nitrogen and oxygen atoms in total. The maximum Gasteiger partial charge on any atom is 0.228 e. The van der Waals surface area contributed by atoms with Gasteiger partial charge in [0.05, 0.1) is 12.0 Å². The molecular weight excluding hydrogens is 324 g/mol. The fourth-order valence-corrected chi connectivity index (χ4v) is 3.74. The summed E-state index contributed by atoms with van der Waals surface area (Å²) in [5, 5.41) is 3.32. The molecule has 0 saturated carbocycles. The van der Waals surface area contributed by atoms with Crippen LogP contribution in [0.4, 0.5) is 0 Å². The van der Waals surface area contributed by atoms with Crippen LogP contribution in [0.1, 0.15) is 42.9 Å². The first-order valence-corrected chi connectivity index (χ1v) is 8.83. The third-order valence-corrected chi connectivity index (χ3v) is 5.26. The molecule has 1 amide bonds. The van der Waals surface area contributed by atoms with Crippen LogP contribution < -0.4 is 5.32 Å². The van der Waals surface area contributed by atoms with Crippen LogP contribution in [0.2, 0.25) is 0 Å². The highest BCUT2D eigenvalue weighted by molar-refractivity contribution is 5.85. The lowest BCUT2D eigenvalue weighted by molar-refractivity contribution is -0.146. The van der Waals surface area contributed by atoms with Crippen molar-refractivity contribution in [2.45, 2.75) is 44.8 Å². The maximum absolute atomic E-state index is 13.0. The van der Waals surface area contributed by atoms with E-state index in [4.69, 9.17) is 4.74 Å². The largest absolute Gasteiger partial charge is 0.373 e. The summed E-state index contributed by atoms with van der Waals surface area (Å²) in [5.74, 6) is 0.252. The van der Waals surface area contributed by atoms with E-state index in [2.05, 4.69) is 36.5 Å². The summed E-state index contributed by atoms with van der Waals surface area (Å²) in [6.45, 7) is 4.56. The molecule has 2 aliphatic rings. The Bertz CT molecular complexity index is 527. The average Bonchev–Trinajstić information content (AvgIpc) is 2.62. The number of piperidine rings is 1. The number of benzene rings is 1. The van der Waals surface area contributed by atoms with Gasteiger partial charge in [0.15, 0.2) is 0 Å². The van der Waals surface area contributed by atoms with E-state index in [9.17, 15) is 4.79 Å². The van der Waals surface area contributed by atoms with Crippen molar-refractivity contribution in [2.24, 2.45) is 5.92 Å². The van der Waals surface area contributed by atoms with Crippen molar-refractivity contribution in [2.75, 3.05) is 26.7 Å². The Morgan fingerprint density at radius 2 is 1.83 bits per heavy atom. The number of hydrogen-bond acceptors (Lipinski definition) is 3. The molecular formula is C19H29ClN2O2. The van der Waals surface area contributed by atoms with E-state index >= 15 is 0 Å². The van der Waals surface area contributed by atoms with E-state index in [1.54, 1.807) is 0 Å². The Balaban J connectivity index is 0.00000208. The summed E-state index contributed by atoms with van der Waals surface area (Å²) in [6.07, 6.45) is 3.92. The topological polar surface area (TPSA) is 41.6 Å². The molecule has 1 aromatic carbocycles. The summed E-state index contributed by atoms with van der Waals surface area (Å²) < 4.78 is 6.01. The van der Waals surface area contributed by atoms with Crippen molar-refractivity contribution in [3.05, 3.63) is 35.4 Å². The van der Waals surface area contributed by atoms with Gasteiger partial charge in [-0.2, -0.15) is 0 Å². The lowest BCUT2D eigenvalue weighted by Gasteiger charge is -2.38. The van der Waals surface area contributed by atoms with E-state index in [1.807, 2.05) is 11.9 Å². The van der Waals surface area contributed by atoms with Gasteiger partial charge in [0, 0.05) is 25.7 Å². The molecule has 0 radical (unpaired) electrons. The van der Waals surface area contributed by atoms with Crippen LogP contribution >= 0.6 is 12.4 Å². The van der Waals surface area contributed by atoms with Crippen LogP contribution in [0, 0.1) is 12.8 Å². The second-order valence-electron chi connectivity index (χ2n) is 6.84. The number of ether oxygens (including phenoxy) is 1. The minimum Gasteiger partial charge on any atom is -0.373 e. The molecule has 2 aliphatic heterocycles. The van der Waals surface area contributed by atoms with E-state index in [0.717, 1.165) is 50.9 Å². The van der Waals surface area contributed by atoms with Crippen molar-refractivity contribution in [1.29, 1.82) is 0 Å². The lowest BCUT2D eigenvalue weighted by Crippen LogP contribution is -2.47. The van der Waals surface area contributed by atoms with Gasteiger partial charge >= 0.3 is 0 Å². The summed E-state index contributed by atoms with van der Waals surface area (Å²) in [4.78, 5) is 15.1. The molecule has 1 N–H and O–H groups in total. The Kier molecular flexibility index (Phi) is 7.08. The van der Waals surface area contributed by atoms with Crippen LogP contribution in [0.15, 0.2) is 24.3 Å². The number of hydrogen-bond donors (Lipinski definition) is 1. The SMILES string of the molecule is CNC1CCN(C(=O)C2CCCOC2c2ccc(C)cc2)CC1.Cl. The molecule has 5 heteroatoms. The number of rotatable bonds is 3. The van der Waals surface area contributed by atoms with Gasteiger partial charge in [0.1, 0.15) is 0 Å². The van der Waals surface area contributed by atoms with Crippen LogP contribution in [-0.2, 0) is 9.53 Å². The normalized spacial score (nSPS) is 25.2. The molecule has 2 fully saturated rings. The van der Waals surface area contributed by atoms with Gasteiger partial charge in [-0.15, -0.1) is 12.4 Å². The summed E-state index contributed by atoms with van der Waals surface area (Å²) in [7, 11) is 2.00. The Morgan fingerprint density at radius 1 is 1.17 bits per heavy atom. The van der Waals surface area contributed by atoms with Crippen molar-refractivity contribution in [1.82, 2.24) is 10.2 Å². The minimum atomic E-state index is -0.0844. The summed E-state index contributed by atoms with van der Waals surface area (Å²) in [5.41, 5.74) is 2.38. The molecule has 0 spiro atoms. The number of carbonyl (C=O) groups excluding carboxylic acids is 1. The standard InChI is InChI=1S/C19H28N2O2.ClH/c1-14-5-7-15(8-6-14)18-17(4-3-13-23-18)19(22)21-11-9-16(20-2)10-12-21;/h5-8,16-18,20H,3-4,9-13H2,1-2H3;1H. The Morgan fingerprint density at radius 3 is 2.46 bits per heavy atom. The van der Waals surface area contributed by atoms with E-state index < -0.39 is 0 Å². The monoisotopic (exact) mass is 352 g/mol. The number of amides is 1. The van der Waals surface area contributed by atoms with Gasteiger partial charge < -0.3 is 15.0 Å². The smallest absolute Gasteiger partial charge is 0.228 e. The molecule has 134 valence electrons. The first kappa shape index (κ1) is 19.2. The van der Waals surface area contributed by atoms with Crippen LogP contribution in [0.5, 0.6) is 0 Å². The van der Waals surface area contributed by atoms with Gasteiger partial charge in [-0.3, -0.25) is 4.79 Å². The van der Waals surface area contributed by atoms with Crippen molar-refractivity contribution >= 4 is 18.3 Å². The molecule has 2 saturated heterocycles. The summed E-state index contributed by atoms with van der Waals surface area (Å²) >= 11 is 0. The molecule has 1 aromatic rings. The zero-order valence-corrected chi connectivity index (χ0v) is 15.5. The molecule has 3 rings (SSSR count). The number of halogens is 1. The first-order valence-electron chi connectivity index (χ1n) is 8.83. The lowest BCUT2D eigenvalue weighted by atomic mass is 9.87. The highest BCUT2D eigenvalue weighted by atomic mass is 35.5. The van der Waals surface area contributed by atoms with Crippen LogP contribution in [-0.4, -0.2) is 43.6 Å². The van der Waals surface area contributed by atoms with Crippen molar-refractivity contribution in [3.63, 3.8) is 0 Å². The number of aryl methyl sites for hydroxylation is 1. The fourth-order valence-electron chi connectivity index (χ4n) is 3.74. The zero-order valence-electron chi connectivity index (χ0n) is 14.7. The van der Waals surface area contributed by atoms with Crippen LogP contribution in [0.3, 0.4) is 0 Å². The molecule has 0 aliphatic carbocycles. The van der Waals surface area contributed by atoms with E-state index in [0.29, 0.717) is 6.04 Å². The molecule has 2 atom stereocenters. The third-order valence-electron chi connectivity index (χ3n) is 5.26. The molecule has 0 bridgehead atoms. The Hall–Kier alpha value is -1.10. The molecule has 24 heavy (non-hydrogen) atoms. The first-order chi connectivity index (χ1) is 11.2. The second-order valence-corrected chi connectivity index (χ2v) is 6.84. The van der Waals surface area contributed by atoms with Gasteiger partial charge in [-0.25, -0.2) is 0 Å². The van der Waals surface area contributed by atoms with E-state index in [-0.39, 0.29) is 30.3 Å². The molecule has 2 heterocycles. The molecule has 2 unspecified atom stereocenters. The van der Waals surface area contributed by atoms with Crippen molar-refractivity contribution < 1.29 is 9.53 Å². The number of nitrogens with one attached hydrogen (secondary N) is 1. The van der Waals surface area contributed by atoms with Crippen LogP contribution in [0.25, 0.3) is 0 Å². The predicted molar refractivity (Wildman–Crippen MR) is 98.5 cm³/mol. The average molecular weight is 353 g/mol. The van der Waals surface area contributed by atoms with Crippen molar-refractivity contribution in [3.8, 4) is 0 Å². The van der Waals surface area contributed by atoms with E-state index in [1.165, 1.54) is 5.56 Å². The summed E-state index contributed by atoms with van der Waals surface area (Å²) in [6, 6.07) is 8.98. The third kappa shape index (κ3) is 4.29.